The Morgan fingerprint density at radius 3 is 2.62 bits per heavy atom. The van der Waals surface area contributed by atoms with E-state index in [1.807, 2.05) is 18.2 Å². The zero-order valence-corrected chi connectivity index (χ0v) is 17.3. The van der Waals surface area contributed by atoms with Crippen LogP contribution in [0.15, 0.2) is 46.9 Å². The molecule has 0 radical (unpaired) electrons. The van der Waals surface area contributed by atoms with Gasteiger partial charge in [-0.15, -0.1) is 0 Å². The summed E-state index contributed by atoms with van der Waals surface area (Å²) in [6.45, 7) is 4.36. The number of hydrogen-bond acceptors (Lipinski definition) is 3. The molecule has 2 aliphatic heterocycles. The lowest BCUT2D eigenvalue weighted by atomic mass is 9.86. The van der Waals surface area contributed by atoms with Crippen molar-refractivity contribution in [3.05, 3.63) is 57.5 Å². The molecule has 0 aliphatic carbocycles. The number of halogens is 2. The van der Waals surface area contributed by atoms with Crippen LogP contribution < -0.4 is 9.64 Å². The van der Waals surface area contributed by atoms with E-state index in [0.717, 1.165) is 41.4 Å². The molecule has 2 aromatic carbocycles. The van der Waals surface area contributed by atoms with Crippen LogP contribution in [-0.2, 0) is 0 Å². The van der Waals surface area contributed by atoms with E-state index in [9.17, 15) is 0 Å². The van der Waals surface area contributed by atoms with Crippen molar-refractivity contribution in [1.29, 1.82) is 0 Å². The molecule has 2 aliphatic rings. The van der Waals surface area contributed by atoms with E-state index in [1.54, 1.807) is 7.11 Å². The highest BCUT2D eigenvalue weighted by molar-refractivity contribution is 9.10. The van der Waals surface area contributed by atoms with Crippen molar-refractivity contribution in [1.82, 2.24) is 4.90 Å². The Morgan fingerprint density at radius 1 is 1.04 bits per heavy atom. The number of methoxy groups -OCH3 is 1. The summed E-state index contributed by atoms with van der Waals surface area (Å²) in [5.41, 5.74) is 2.62. The molecule has 26 heavy (non-hydrogen) atoms. The van der Waals surface area contributed by atoms with Crippen molar-refractivity contribution in [2.45, 2.75) is 24.8 Å². The van der Waals surface area contributed by atoms with Crippen LogP contribution in [0.5, 0.6) is 5.75 Å². The number of hydrogen-bond donors (Lipinski definition) is 0. The third-order valence-corrected chi connectivity index (χ3v) is 6.62. The molecular weight excluding hydrogens is 412 g/mol. The van der Waals surface area contributed by atoms with E-state index in [0.29, 0.717) is 12.0 Å². The number of para-hydroxylation sites is 1. The lowest BCUT2D eigenvalue weighted by molar-refractivity contribution is 0.119. The van der Waals surface area contributed by atoms with Gasteiger partial charge >= 0.3 is 0 Å². The van der Waals surface area contributed by atoms with Gasteiger partial charge < -0.3 is 9.64 Å². The molecule has 2 saturated heterocycles. The van der Waals surface area contributed by atoms with Crippen LogP contribution in [0, 0.1) is 0 Å². The number of nitrogens with zero attached hydrogens (tertiary/aromatic N) is 2. The van der Waals surface area contributed by atoms with Gasteiger partial charge in [0.15, 0.2) is 5.75 Å². The summed E-state index contributed by atoms with van der Waals surface area (Å²) in [5, 5.41) is 0.819. The molecule has 2 fully saturated rings. The first-order valence-electron chi connectivity index (χ1n) is 9.22. The highest BCUT2D eigenvalue weighted by atomic mass is 79.9. The van der Waals surface area contributed by atoms with Crippen molar-refractivity contribution < 1.29 is 4.74 Å². The summed E-state index contributed by atoms with van der Waals surface area (Å²) >= 11 is 9.65. The Balaban J connectivity index is 1.45. The van der Waals surface area contributed by atoms with Crippen LogP contribution in [0.1, 0.15) is 24.3 Å². The molecule has 0 amide bonds. The summed E-state index contributed by atoms with van der Waals surface area (Å²) < 4.78 is 6.66. The monoisotopic (exact) mass is 434 g/mol. The van der Waals surface area contributed by atoms with Gasteiger partial charge in [0, 0.05) is 37.2 Å². The number of ether oxygens (including phenoxy) is 1. The first-order valence-corrected chi connectivity index (χ1v) is 10.4. The molecule has 2 heterocycles. The molecule has 0 N–H and O–H groups in total. The largest absolute Gasteiger partial charge is 0.493 e. The molecule has 3 nitrogen and oxygen atoms in total. The third-order valence-electron chi connectivity index (χ3n) is 5.74. The summed E-state index contributed by atoms with van der Waals surface area (Å²) in [6, 6.07) is 15.3. The van der Waals surface area contributed by atoms with Gasteiger partial charge in [0.2, 0.25) is 0 Å². The first-order chi connectivity index (χ1) is 12.7. The molecule has 5 heteroatoms. The van der Waals surface area contributed by atoms with Crippen molar-refractivity contribution >= 4 is 33.2 Å². The molecule has 0 aromatic heterocycles. The number of fused-ring (bicyclic) bond motifs is 1. The van der Waals surface area contributed by atoms with Crippen molar-refractivity contribution in [3.8, 4) is 5.75 Å². The number of anilines is 1. The predicted octanol–water partition coefficient (Wildman–Crippen LogP) is 5.18. The maximum absolute atomic E-state index is 6.04. The SMILES string of the molecule is COc1c(Br)cccc1N1CCN2C[C@@H](c3ccc(Cl)cc3)CC[C@@H]2C1. The molecule has 0 spiro atoms. The quantitative estimate of drug-likeness (QED) is 0.661. The maximum atomic E-state index is 6.04. The van der Waals surface area contributed by atoms with E-state index in [1.165, 1.54) is 24.1 Å². The van der Waals surface area contributed by atoms with Gasteiger partial charge in [-0.05, 0) is 64.5 Å². The second-order valence-corrected chi connectivity index (χ2v) is 8.50. The third kappa shape index (κ3) is 3.60. The van der Waals surface area contributed by atoms with Crippen LogP contribution in [0.25, 0.3) is 0 Å². The molecule has 0 unspecified atom stereocenters. The Kier molecular flexibility index (Phi) is 5.44. The van der Waals surface area contributed by atoms with E-state index >= 15 is 0 Å². The average Bonchev–Trinajstić information content (AvgIpc) is 2.67. The molecule has 2 aromatic rings. The number of piperidine rings is 1. The zero-order valence-electron chi connectivity index (χ0n) is 15.0. The second kappa shape index (κ2) is 7.79. The molecule has 2 atom stereocenters. The highest BCUT2D eigenvalue weighted by Crippen LogP contribution is 2.38. The molecular formula is C21H24BrClN2O. The Hall–Kier alpha value is -1.23. The number of rotatable bonds is 3. The minimum Gasteiger partial charge on any atom is -0.493 e. The van der Waals surface area contributed by atoms with Gasteiger partial charge in [0.05, 0.1) is 17.3 Å². The predicted molar refractivity (Wildman–Crippen MR) is 112 cm³/mol. The van der Waals surface area contributed by atoms with Gasteiger partial charge in [-0.25, -0.2) is 0 Å². The topological polar surface area (TPSA) is 15.7 Å². The Labute approximate surface area is 169 Å². The fourth-order valence-electron chi connectivity index (χ4n) is 4.35. The standard InChI is InChI=1S/C21H24BrClN2O/c1-26-21-19(22)3-2-4-20(21)25-12-11-24-13-16(7-10-18(24)14-25)15-5-8-17(23)9-6-15/h2-6,8-9,16,18H,7,10-14H2,1H3/t16-,18+/m0/s1. The molecule has 0 saturated carbocycles. The van der Waals surface area contributed by atoms with E-state index in [2.05, 4.69) is 50.0 Å². The Morgan fingerprint density at radius 2 is 1.85 bits per heavy atom. The maximum Gasteiger partial charge on any atom is 0.156 e. The zero-order chi connectivity index (χ0) is 18.1. The van der Waals surface area contributed by atoms with Gasteiger partial charge in [-0.2, -0.15) is 0 Å². The van der Waals surface area contributed by atoms with Crippen LogP contribution in [0.2, 0.25) is 5.02 Å². The molecule has 4 rings (SSSR count). The van der Waals surface area contributed by atoms with E-state index in [-0.39, 0.29) is 0 Å². The average molecular weight is 436 g/mol. The van der Waals surface area contributed by atoms with E-state index in [4.69, 9.17) is 16.3 Å². The summed E-state index contributed by atoms with van der Waals surface area (Å²) in [5.74, 6) is 1.56. The first kappa shape index (κ1) is 18.1. The van der Waals surface area contributed by atoms with Gasteiger partial charge in [-0.3, -0.25) is 4.90 Å². The van der Waals surface area contributed by atoms with Crippen LogP contribution >= 0.6 is 27.5 Å². The minimum absolute atomic E-state index is 0.621. The number of benzene rings is 2. The lowest BCUT2D eigenvalue weighted by Gasteiger charge is -2.47. The Bertz CT molecular complexity index is 767. The fourth-order valence-corrected chi connectivity index (χ4v) is 4.99. The van der Waals surface area contributed by atoms with Crippen LogP contribution in [0.3, 0.4) is 0 Å². The van der Waals surface area contributed by atoms with E-state index < -0.39 is 0 Å². The van der Waals surface area contributed by atoms with Crippen molar-refractivity contribution in [3.63, 3.8) is 0 Å². The van der Waals surface area contributed by atoms with Crippen LogP contribution in [-0.4, -0.2) is 44.2 Å². The second-order valence-electron chi connectivity index (χ2n) is 7.21. The smallest absolute Gasteiger partial charge is 0.156 e. The normalized spacial score (nSPS) is 23.6. The highest BCUT2D eigenvalue weighted by Gasteiger charge is 2.34. The minimum atomic E-state index is 0.621. The lowest BCUT2D eigenvalue weighted by Crippen LogP contribution is -2.56. The van der Waals surface area contributed by atoms with Gasteiger partial charge in [0.25, 0.3) is 0 Å². The number of piperazine rings is 1. The van der Waals surface area contributed by atoms with Crippen molar-refractivity contribution in [2.24, 2.45) is 0 Å². The summed E-state index contributed by atoms with van der Waals surface area (Å²) in [6.07, 6.45) is 2.48. The van der Waals surface area contributed by atoms with Gasteiger partial charge in [-0.1, -0.05) is 29.8 Å². The summed E-state index contributed by atoms with van der Waals surface area (Å²) in [4.78, 5) is 5.15. The summed E-state index contributed by atoms with van der Waals surface area (Å²) in [7, 11) is 1.75. The fraction of sp³-hybridized carbons (Fsp3) is 0.429. The van der Waals surface area contributed by atoms with Gasteiger partial charge in [0.1, 0.15) is 0 Å². The van der Waals surface area contributed by atoms with Crippen molar-refractivity contribution in [2.75, 3.05) is 38.2 Å². The van der Waals surface area contributed by atoms with Crippen LogP contribution in [0.4, 0.5) is 5.69 Å². The molecule has 138 valence electrons. The molecule has 0 bridgehead atoms.